The van der Waals surface area contributed by atoms with Crippen molar-refractivity contribution in [2.45, 2.75) is 6.92 Å². The summed E-state index contributed by atoms with van der Waals surface area (Å²) in [5, 5.41) is 2.11. The Morgan fingerprint density at radius 2 is 2.23 bits per heavy atom. The first-order chi connectivity index (χ1) is 6.25. The molecule has 3 heteroatoms. The van der Waals surface area contributed by atoms with E-state index >= 15 is 0 Å². The monoisotopic (exact) mass is 190 g/mol. The summed E-state index contributed by atoms with van der Waals surface area (Å²) in [5.41, 5.74) is 8.41. The van der Waals surface area contributed by atoms with Crippen molar-refractivity contribution in [1.82, 2.24) is 4.98 Å². The summed E-state index contributed by atoms with van der Waals surface area (Å²) in [4.78, 5) is 5.54. The number of thiophene rings is 1. The molecule has 2 nitrogen and oxygen atoms in total. The molecule has 0 aromatic carbocycles. The van der Waals surface area contributed by atoms with Gasteiger partial charge in [0.15, 0.2) is 0 Å². The molecule has 0 fully saturated rings. The molecule has 0 atom stereocenters. The van der Waals surface area contributed by atoms with Crippen LogP contribution in [0.15, 0.2) is 29.8 Å². The Kier molecular flexibility index (Phi) is 2.02. The molecule has 13 heavy (non-hydrogen) atoms. The molecular weight excluding hydrogens is 180 g/mol. The van der Waals surface area contributed by atoms with E-state index in [1.54, 1.807) is 17.5 Å². The van der Waals surface area contributed by atoms with Crippen molar-refractivity contribution in [3.8, 4) is 11.3 Å². The van der Waals surface area contributed by atoms with Crippen LogP contribution in [-0.4, -0.2) is 4.98 Å². The zero-order valence-corrected chi connectivity index (χ0v) is 8.14. The summed E-state index contributed by atoms with van der Waals surface area (Å²) in [7, 11) is 0. The van der Waals surface area contributed by atoms with E-state index in [9.17, 15) is 0 Å². The van der Waals surface area contributed by atoms with Gasteiger partial charge in [0.2, 0.25) is 0 Å². The Morgan fingerprint density at radius 1 is 1.38 bits per heavy atom. The standard InChI is InChI=1S/C10H10N2S/c1-7-4-8(6-13-7)10-3-2-9(11)5-12-10/h2-6H,11H2,1H3. The minimum atomic E-state index is 0.704. The minimum absolute atomic E-state index is 0.704. The third kappa shape index (κ3) is 1.70. The van der Waals surface area contributed by atoms with Gasteiger partial charge < -0.3 is 5.73 Å². The van der Waals surface area contributed by atoms with Crippen molar-refractivity contribution in [2.24, 2.45) is 0 Å². The lowest BCUT2D eigenvalue weighted by Crippen LogP contribution is -1.86. The second-order valence-corrected chi connectivity index (χ2v) is 4.04. The molecule has 2 N–H and O–H groups in total. The number of nitrogens with zero attached hydrogens (tertiary/aromatic N) is 1. The van der Waals surface area contributed by atoms with Crippen molar-refractivity contribution in [1.29, 1.82) is 0 Å². The van der Waals surface area contributed by atoms with Gasteiger partial charge in [-0.15, -0.1) is 11.3 Å². The minimum Gasteiger partial charge on any atom is -0.397 e. The van der Waals surface area contributed by atoms with Gasteiger partial charge in [-0.1, -0.05) is 0 Å². The van der Waals surface area contributed by atoms with E-state index in [0.717, 1.165) is 5.69 Å². The highest BCUT2D eigenvalue weighted by Gasteiger charge is 2.00. The fourth-order valence-electron chi connectivity index (χ4n) is 1.15. The normalized spacial score (nSPS) is 10.2. The Morgan fingerprint density at radius 3 is 2.77 bits per heavy atom. The van der Waals surface area contributed by atoms with Crippen LogP contribution in [0.5, 0.6) is 0 Å². The lowest BCUT2D eigenvalue weighted by atomic mass is 10.2. The highest BCUT2D eigenvalue weighted by molar-refractivity contribution is 7.10. The fraction of sp³-hybridized carbons (Fsp3) is 0.100. The number of hydrogen-bond donors (Lipinski definition) is 1. The highest BCUT2D eigenvalue weighted by Crippen LogP contribution is 2.23. The van der Waals surface area contributed by atoms with Crippen LogP contribution < -0.4 is 5.73 Å². The average molecular weight is 190 g/mol. The Balaban J connectivity index is 2.41. The molecule has 2 heterocycles. The summed E-state index contributed by atoms with van der Waals surface area (Å²) in [6.45, 7) is 2.09. The van der Waals surface area contributed by atoms with Crippen molar-refractivity contribution < 1.29 is 0 Å². The summed E-state index contributed by atoms with van der Waals surface area (Å²) in [5.74, 6) is 0. The third-order valence-electron chi connectivity index (χ3n) is 1.81. The molecule has 0 aliphatic carbocycles. The number of anilines is 1. The van der Waals surface area contributed by atoms with Crippen LogP contribution in [0.2, 0.25) is 0 Å². The van der Waals surface area contributed by atoms with Crippen molar-refractivity contribution in [2.75, 3.05) is 5.73 Å². The van der Waals surface area contributed by atoms with Gasteiger partial charge in [0, 0.05) is 15.8 Å². The van der Waals surface area contributed by atoms with Crippen molar-refractivity contribution in [3.63, 3.8) is 0 Å². The largest absolute Gasteiger partial charge is 0.397 e. The summed E-state index contributed by atoms with van der Waals surface area (Å²) < 4.78 is 0. The maximum Gasteiger partial charge on any atom is 0.0712 e. The topological polar surface area (TPSA) is 38.9 Å². The zero-order valence-electron chi connectivity index (χ0n) is 7.32. The van der Waals surface area contributed by atoms with E-state index in [4.69, 9.17) is 5.73 Å². The van der Waals surface area contributed by atoms with Crippen LogP contribution in [0.4, 0.5) is 5.69 Å². The fourth-order valence-corrected chi connectivity index (χ4v) is 1.85. The van der Waals surface area contributed by atoms with Crippen LogP contribution in [0, 0.1) is 6.92 Å². The predicted octanol–water partition coefficient (Wildman–Crippen LogP) is 2.70. The Bertz CT molecular complexity index is 403. The second-order valence-electron chi connectivity index (χ2n) is 2.92. The van der Waals surface area contributed by atoms with E-state index in [-0.39, 0.29) is 0 Å². The van der Waals surface area contributed by atoms with Crippen LogP contribution in [0.1, 0.15) is 4.88 Å². The highest BCUT2D eigenvalue weighted by atomic mass is 32.1. The van der Waals surface area contributed by atoms with E-state index in [0.29, 0.717) is 5.69 Å². The van der Waals surface area contributed by atoms with Gasteiger partial charge in [-0.25, -0.2) is 0 Å². The van der Waals surface area contributed by atoms with Crippen LogP contribution >= 0.6 is 11.3 Å². The third-order valence-corrected chi connectivity index (χ3v) is 2.67. The molecule has 0 spiro atoms. The molecule has 0 unspecified atom stereocenters. The molecule has 0 bridgehead atoms. The lowest BCUT2D eigenvalue weighted by Gasteiger charge is -1.96. The smallest absolute Gasteiger partial charge is 0.0712 e. The van der Waals surface area contributed by atoms with E-state index in [1.807, 2.05) is 12.1 Å². The van der Waals surface area contributed by atoms with Crippen molar-refractivity contribution in [3.05, 3.63) is 34.7 Å². The molecule has 0 radical (unpaired) electrons. The number of pyridine rings is 1. The maximum atomic E-state index is 5.55. The molecule has 2 rings (SSSR count). The van der Waals surface area contributed by atoms with Crippen LogP contribution in [0.25, 0.3) is 11.3 Å². The first-order valence-electron chi connectivity index (χ1n) is 4.03. The summed E-state index contributed by atoms with van der Waals surface area (Å²) in [6.07, 6.45) is 1.68. The van der Waals surface area contributed by atoms with Gasteiger partial charge in [0.1, 0.15) is 0 Å². The zero-order chi connectivity index (χ0) is 9.26. The average Bonchev–Trinajstić information content (AvgIpc) is 2.53. The summed E-state index contributed by atoms with van der Waals surface area (Å²) >= 11 is 1.73. The Labute approximate surface area is 81.1 Å². The SMILES string of the molecule is Cc1cc(-c2ccc(N)cn2)cs1. The van der Waals surface area contributed by atoms with Gasteiger partial charge in [-0.05, 0) is 25.1 Å². The number of nitrogen functional groups attached to an aromatic ring is 1. The number of rotatable bonds is 1. The molecular formula is C10H10N2S. The van der Waals surface area contributed by atoms with E-state index in [1.165, 1.54) is 10.4 Å². The first-order valence-corrected chi connectivity index (χ1v) is 4.91. The number of aromatic nitrogens is 1. The summed E-state index contributed by atoms with van der Waals surface area (Å²) in [6, 6.07) is 5.94. The van der Waals surface area contributed by atoms with Gasteiger partial charge in [0.25, 0.3) is 0 Å². The molecule has 2 aromatic rings. The molecule has 66 valence electrons. The van der Waals surface area contributed by atoms with Gasteiger partial charge >= 0.3 is 0 Å². The predicted molar refractivity (Wildman–Crippen MR) is 56.7 cm³/mol. The molecule has 0 amide bonds. The second kappa shape index (κ2) is 3.18. The van der Waals surface area contributed by atoms with Crippen molar-refractivity contribution >= 4 is 17.0 Å². The van der Waals surface area contributed by atoms with Crippen LogP contribution in [0.3, 0.4) is 0 Å². The maximum absolute atomic E-state index is 5.55. The van der Waals surface area contributed by atoms with Gasteiger partial charge in [0.05, 0.1) is 17.6 Å². The van der Waals surface area contributed by atoms with Gasteiger partial charge in [-0.3, -0.25) is 4.98 Å². The Hall–Kier alpha value is -1.35. The number of nitrogens with two attached hydrogens (primary N) is 1. The van der Waals surface area contributed by atoms with E-state index in [2.05, 4.69) is 23.4 Å². The van der Waals surface area contributed by atoms with Crippen LogP contribution in [-0.2, 0) is 0 Å². The number of hydrogen-bond acceptors (Lipinski definition) is 3. The lowest BCUT2D eigenvalue weighted by molar-refractivity contribution is 1.33. The van der Waals surface area contributed by atoms with E-state index < -0.39 is 0 Å². The molecule has 0 saturated heterocycles. The first kappa shape index (κ1) is 8.26. The quantitative estimate of drug-likeness (QED) is 0.751. The number of aryl methyl sites for hydroxylation is 1. The molecule has 0 saturated carbocycles. The molecule has 2 aromatic heterocycles. The molecule has 0 aliphatic rings. The van der Waals surface area contributed by atoms with Gasteiger partial charge in [-0.2, -0.15) is 0 Å². The molecule has 0 aliphatic heterocycles.